The van der Waals surface area contributed by atoms with Crippen molar-refractivity contribution in [2.45, 2.75) is 16.8 Å². The fourth-order valence-electron chi connectivity index (χ4n) is 1.81. The zero-order chi connectivity index (χ0) is 16.2. The molecule has 2 aromatic carbocycles. The summed E-state index contributed by atoms with van der Waals surface area (Å²) in [4.78, 5) is 11.7. The Balaban J connectivity index is 2.01. The zero-order valence-electron chi connectivity index (χ0n) is 11.8. The van der Waals surface area contributed by atoms with Crippen LogP contribution in [0.4, 0.5) is 13.2 Å². The highest BCUT2D eigenvalue weighted by Crippen LogP contribution is 2.23. The summed E-state index contributed by atoms with van der Waals surface area (Å²) in [6.07, 6.45) is -2.93. The first kappa shape index (κ1) is 16.4. The van der Waals surface area contributed by atoms with E-state index in [2.05, 4.69) is 11.0 Å². The fraction of sp³-hybridized carbons (Fsp3) is 0.188. The van der Waals surface area contributed by atoms with Crippen LogP contribution in [0.25, 0.3) is 0 Å². The van der Waals surface area contributed by atoms with E-state index in [1.165, 1.54) is 17.7 Å². The van der Waals surface area contributed by atoms with Gasteiger partial charge in [-0.25, -0.2) is 4.79 Å². The van der Waals surface area contributed by atoms with Crippen LogP contribution in [-0.2, 0) is 21.4 Å². The zero-order valence-corrected chi connectivity index (χ0v) is 12.6. The first-order chi connectivity index (χ1) is 10.4. The van der Waals surface area contributed by atoms with Gasteiger partial charge in [-0.05, 0) is 24.3 Å². The molecule has 1 atom stereocenters. The molecule has 0 aliphatic heterocycles. The minimum Gasteiger partial charge on any atom is -0.420 e. The predicted octanol–water partition coefficient (Wildman–Crippen LogP) is 3.96. The quantitative estimate of drug-likeness (QED) is 0.483. The Labute approximate surface area is 129 Å². The third-order valence-corrected chi connectivity index (χ3v) is 4.74. The Kier molecular flexibility index (Phi) is 5.13. The third kappa shape index (κ3) is 4.53. The molecule has 0 aliphatic carbocycles. The maximum Gasteiger partial charge on any atom is 0.491 e. The van der Waals surface area contributed by atoms with Crippen molar-refractivity contribution >= 4 is 16.9 Å². The van der Waals surface area contributed by atoms with Gasteiger partial charge in [-0.1, -0.05) is 30.3 Å². The number of rotatable bonds is 4. The number of halogens is 3. The van der Waals surface area contributed by atoms with E-state index in [9.17, 15) is 18.0 Å². The summed E-state index contributed by atoms with van der Waals surface area (Å²) >= 11 is 0. The van der Waals surface area contributed by atoms with Gasteiger partial charge in [0.15, 0.2) is 4.90 Å². The van der Waals surface area contributed by atoms with Gasteiger partial charge in [0.2, 0.25) is 0 Å². The maximum atomic E-state index is 12.1. The number of carbonyl (C=O) groups is 1. The summed E-state index contributed by atoms with van der Waals surface area (Å²) in [5.74, 6) is -1.47. The highest BCUT2D eigenvalue weighted by Gasteiger charge is 2.41. The number of hydrogen-bond acceptors (Lipinski definition) is 2. The summed E-state index contributed by atoms with van der Waals surface area (Å²) < 4.78 is 40.6. The predicted molar refractivity (Wildman–Crippen MR) is 79.8 cm³/mol. The largest absolute Gasteiger partial charge is 0.491 e. The standard InChI is InChI=1S/C16H14F3O2S/c1-22(11-12-5-3-2-4-6-12)14-9-7-13(8-10-14)21-15(20)16(17,18)19/h2-10H,11H2,1H3/q+1. The highest BCUT2D eigenvalue weighted by molar-refractivity contribution is 7.95. The maximum absolute atomic E-state index is 12.1. The van der Waals surface area contributed by atoms with Gasteiger partial charge in [-0.3, -0.25) is 0 Å². The molecule has 116 valence electrons. The number of benzene rings is 2. The van der Waals surface area contributed by atoms with Gasteiger partial charge >= 0.3 is 12.1 Å². The molecule has 2 rings (SSSR count). The molecule has 0 radical (unpaired) electrons. The van der Waals surface area contributed by atoms with Crippen LogP contribution < -0.4 is 4.74 Å². The van der Waals surface area contributed by atoms with Gasteiger partial charge in [0, 0.05) is 16.5 Å². The lowest BCUT2D eigenvalue weighted by molar-refractivity contribution is -0.189. The number of alkyl halides is 3. The molecule has 0 amide bonds. The van der Waals surface area contributed by atoms with Crippen molar-refractivity contribution in [3.8, 4) is 5.75 Å². The Morgan fingerprint density at radius 2 is 1.64 bits per heavy atom. The number of hydrogen-bond donors (Lipinski definition) is 0. The van der Waals surface area contributed by atoms with Crippen LogP contribution in [0.3, 0.4) is 0 Å². The van der Waals surface area contributed by atoms with Crippen molar-refractivity contribution in [1.82, 2.24) is 0 Å². The molecule has 0 heterocycles. The van der Waals surface area contributed by atoms with Gasteiger partial charge in [-0.15, -0.1) is 0 Å². The minimum absolute atomic E-state index is 0.0851. The monoisotopic (exact) mass is 327 g/mol. The third-order valence-electron chi connectivity index (χ3n) is 2.89. The molecule has 22 heavy (non-hydrogen) atoms. The molecular weight excluding hydrogens is 313 g/mol. The normalized spacial score (nSPS) is 12.7. The van der Waals surface area contributed by atoms with Crippen LogP contribution >= 0.6 is 0 Å². The average molecular weight is 327 g/mol. The van der Waals surface area contributed by atoms with Crippen molar-refractivity contribution in [3.05, 3.63) is 60.2 Å². The lowest BCUT2D eigenvalue weighted by atomic mass is 10.2. The Morgan fingerprint density at radius 1 is 1.05 bits per heavy atom. The number of ether oxygens (including phenoxy) is 1. The van der Waals surface area contributed by atoms with Crippen molar-refractivity contribution < 1.29 is 22.7 Å². The second-order valence-corrected chi connectivity index (χ2v) is 6.66. The van der Waals surface area contributed by atoms with E-state index >= 15 is 0 Å². The van der Waals surface area contributed by atoms with Crippen LogP contribution in [-0.4, -0.2) is 18.4 Å². The van der Waals surface area contributed by atoms with Crippen LogP contribution in [0.1, 0.15) is 5.56 Å². The first-order valence-electron chi connectivity index (χ1n) is 6.42. The number of carbonyl (C=O) groups excluding carboxylic acids is 1. The Bertz CT molecular complexity index is 624. The molecule has 2 nitrogen and oxygen atoms in total. The number of esters is 1. The van der Waals surface area contributed by atoms with Crippen LogP contribution in [0.5, 0.6) is 5.75 Å². The van der Waals surface area contributed by atoms with Crippen molar-refractivity contribution in [1.29, 1.82) is 0 Å². The van der Waals surface area contributed by atoms with Gasteiger partial charge in [0.05, 0.1) is 0 Å². The molecule has 6 heteroatoms. The second kappa shape index (κ2) is 6.87. The lowest BCUT2D eigenvalue weighted by Crippen LogP contribution is -2.27. The van der Waals surface area contributed by atoms with Gasteiger partial charge in [-0.2, -0.15) is 13.2 Å². The van der Waals surface area contributed by atoms with Crippen molar-refractivity contribution in [2.24, 2.45) is 0 Å². The molecular formula is C16H14F3O2S+. The summed E-state index contributed by atoms with van der Waals surface area (Å²) in [6.45, 7) is 0. The van der Waals surface area contributed by atoms with E-state index in [0.717, 1.165) is 10.6 Å². The van der Waals surface area contributed by atoms with Crippen LogP contribution in [0.15, 0.2) is 59.5 Å². The van der Waals surface area contributed by atoms with Crippen LogP contribution in [0, 0.1) is 0 Å². The minimum atomic E-state index is -4.99. The molecule has 0 saturated heterocycles. The van der Waals surface area contributed by atoms with E-state index < -0.39 is 12.1 Å². The van der Waals surface area contributed by atoms with E-state index in [0.29, 0.717) is 0 Å². The summed E-state index contributed by atoms with van der Waals surface area (Å²) in [5, 5.41) is 0. The van der Waals surface area contributed by atoms with Gasteiger partial charge < -0.3 is 4.74 Å². The summed E-state index contributed by atoms with van der Waals surface area (Å²) in [5.41, 5.74) is 1.20. The lowest BCUT2D eigenvalue weighted by Gasteiger charge is -2.07. The molecule has 1 unspecified atom stereocenters. The van der Waals surface area contributed by atoms with E-state index in [1.54, 1.807) is 12.1 Å². The molecule has 0 aliphatic rings. The molecule has 0 spiro atoms. The van der Waals surface area contributed by atoms with Gasteiger partial charge in [0.25, 0.3) is 0 Å². The van der Waals surface area contributed by atoms with Crippen LogP contribution in [0.2, 0.25) is 0 Å². The molecule has 0 aromatic heterocycles. The first-order valence-corrected chi connectivity index (χ1v) is 8.22. The Hall–Kier alpha value is -1.95. The van der Waals surface area contributed by atoms with E-state index in [1.807, 2.05) is 30.3 Å². The smallest absolute Gasteiger partial charge is 0.420 e. The van der Waals surface area contributed by atoms with Crippen molar-refractivity contribution in [2.75, 3.05) is 6.26 Å². The van der Waals surface area contributed by atoms with Gasteiger partial charge in [0.1, 0.15) is 17.8 Å². The molecule has 0 bridgehead atoms. The SMILES string of the molecule is C[S+](Cc1ccccc1)c1ccc(OC(=O)C(F)(F)F)cc1. The van der Waals surface area contributed by atoms with E-state index in [-0.39, 0.29) is 16.6 Å². The fourth-order valence-corrected chi connectivity index (χ4v) is 3.27. The highest BCUT2D eigenvalue weighted by atomic mass is 32.2. The molecule has 0 saturated carbocycles. The topological polar surface area (TPSA) is 26.3 Å². The van der Waals surface area contributed by atoms with Crippen molar-refractivity contribution in [3.63, 3.8) is 0 Å². The summed E-state index contributed by atoms with van der Waals surface area (Å²) in [7, 11) is -0.0851. The molecule has 2 aromatic rings. The molecule has 0 fully saturated rings. The second-order valence-electron chi connectivity index (χ2n) is 4.63. The van der Waals surface area contributed by atoms with E-state index in [4.69, 9.17) is 0 Å². The molecule has 0 N–H and O–H groups in total. The Morgan fingerprint density at radius 3 is 2.18 bits per heavy atom. The summed E-state index contributed by atoms with van der Waals surface area (Å²) in [6, 6.07) is 16.1. The average Bonchev–Trinajstić information content (AvgIpc) is 2.48.